The summed E-state index contributed by atoms with van der Waals surface area (Å²) < 4.78 is 4.95. The summed E-state index contributed by atoms with van der Waals surface area (Å²) in [6.45, 7) is 12.5. The summed E-state index contributed by atoms with van der Waals surface area (Å²) in [5, 5.41) is 11.8. The number of aliphatic hydroxyl groups is 1. The highest BCUT2D eigenvalue weighted by Crippen LogP contribution is 2.44. The van der Waals surface area contributed by atoms with Crippen LogP contribution in [0.2, 0.25) is 0 Å². The number of ether oxygens (including phenoxy) is 1. The first kappa shape index (κ1) is 27.7. The quantitative estimate of drug-likeness (QED) is 0.372. The minimum absolute atomic E-state index is 0.0000512. The van der Waals surface area contributed by atoms with Crippen LogP contribution in [-0.4, -0.2) is 43.9 Å². The van der Waals surface area contributed by atoms with E-state index < -0.39 is 5.41 Å². The lowest BCUT2D eigenvalue weighted by molar-refractivity contribution is -0.140. The van der Waals surface area contributed by atoms with Crippen molar-refractivity contribution in [3.05, 3.63) is 81.3 Å². The van der Waals surface area contributed by atoms with Crippen molar-refractivity contribution in [3.63, 3.8) is 0 Å². The fourth-order valence-electron chi connectivity index (χ4n) is 6.82. The number of carbonyl (C=O) groups excluding carboxylic acids is 2. The van der Waals surface area contributed by atoms with Crippen LogP contribution in [0.4, 0.5) is 0 Å². The number of Topliss-reactive ketones (excluding diaryl/α,β-unsaturated/α-hetero) is 1. The average Bonchev–Trinajstić information content (AvgIpc) is 3.72. The van der Waals surface area contributed by atoms with E-state index in [-0.39, 0.29) is 36.4 Å². The zero-order chi connectivity index (χ0) is 29.9. The SMILES string of the molecule is C=CC1=c2cc3[nH]c(cc4cc5c([nH]4)c(c4nc(cc(n2)C1(C)C)C(C)C4CCC(=O)OC)CC5=O)c(CC)/c3=C/O. The number of aryl methyl sites for hydroxylation is 1. The molecule has 3 aromatic rings. The Morgan fingerprint density at radius 1 is 1.19 bits per heavy atom. The van der Waals surface area contributed by atoms with Crippen molar-refractivity contribution in [3.8, 4) is 0 Å². The molecule has 2 aliphatic heterocycles. The van der Waals surface area contributed by atoms with Crippen molar-refractivity contribution in [1.29, 1.82) is 0 Å². The zero-order valence-electron chi connectivity index (χ0n) is 24.7. The molecule has 42 heavy (non-hydrogen) atoms. The second kappa shape index (κ2) is 10.1. The van der Waals surface area contributed by atoms with Gasteiger partial charge in [-0.05, 0) is 48.2 Å². The van der Waals surface area contributed by atoms with Crippen LogP contribution in [0.3, 0.4) is 0 Å². The van der Waals surface area contributed by atoms with E-state index in [4.69, 9.17) is 14.7 Å². The molecule has 8 bridgehead atoms. The number of methoxy groups -OCH3 is 1. The minimum Gasteiger partial charge on any atom is -0.515 e. The lowest BCUT2D eigenvalue weighted by Gasteiger charge is -2.21. The van der Waals surface area contributed by atoms with Crippen LogP contribution in [-0.2, 0) is 27.8 Å². The molecular formula is C34H36N4O4. The van der Waals surface area contributed by atoms with Gasteiger partial charge in [-0.1, -0.05) is 40.3 Å². The lowest BCUT2D eigenvalue weighted by Crippen LogP contribution is -2.17. The maximum Gasteiger partial charge on any atom is 0.305 e. The van der Waals surface area contributed by atoms with Gasteiger partial charge in [-0.15, -0.1) is 0 Å². The van der Waals surface area contributed by atoms with Gasteiger partial charge in [0.1, 0.15) is 0 Å². The van der Waals surface area contributed by atoms with Crippen LogP contribution in [0.25, 0.3) is 33.9 Å². The summed E-state index contributed by atoms with van der Waals surface area (Å²) in [6, 6.07) is 7.89. The number of fused-ring (bicyclic) bond motifs is 8. The highest BCUT2D eigenvalue weighted by atomic mass is 16.5. The fourth-order valence-corrected chi connectivity index (χ4v) is 6.82. The molecule has 3 aromatic heterocycles. The van der Waals surface area contributed by atoms with Gasteiger partial charge in [0.2, 0.25) is 0 Å². The van der Waals surface area contributed by atoms with Crippen LogP contribution < -0.4 is 10.6 Å². The molecule has 0 radical (unpaired) electrons. The van der Waals surface area contributed by atoms with Crippen molar-refractivity contribution in [2.45, 2.75) is 70.6 Å². The predicted octanol–water partition coefficient (Wildman–Crippen LogP) is 5.07. The molecule has 0 spiro atoms. The fraction of sp³-hybridized carbons (Fsp3) is 0.353. The van der Waals surface area contributed by atoms with Gasteiger partial charge in [-0.25, -0.2) is 0 Å². The number of hydrogen-bond acceptors (Lipinski definition) is 6. The smallest absolute Gasteiger partial charge is 0.305 e. The van der Waals surface area contributed by atoms with Gasteiger partial charge in [-0.3, -0.25) is 19.6 Å². The summed E-state index contributed by atoms with van der Waals surface area (Å²) >= 11 is 0. The van der Waals surface area contributed by atoms with E-state index in [1.54, 1.807) is 0 Å². The minimum atomic E-state index is -0.441. The average molecular weight is 565 g/mol. The predicted molar refractivity (Wildman–Crippen MR) is 164 cm³/mol. The first-order chi connectivity index (χ1) is 20.1. The number of aromatic nitrogens is 4. The molecule has 216 valence electrons. The van der Waals surface area contributed by atoms with Crippen molar-refractivity contribution in [2.75, 3.05) is 7.11 Å². The molecule has 3 aliphatic rings. The molecule has 6 rings (SSSR count). The third-order valence-electron chi connectivity index (χ3n) is 9.24. The van der Waals surface area contributed by atoms with Crippen molar-refractivity contribution in [1.82, 2.24) is 19.9 Å². The largest absolute Gasteiger partial charge is 0.515 e. The number of aromatic amines is 2. The number of nitrogens with one attached hydrogen (secondary N) is 2. The number of ketones is 1. The van der Waals surface area contributed by atoms with E-state index in [2.05, 4.69) is 43.4 Å². The molecular weight excluding hydrogens is 528 g/mol. The number of hydrogen-bond donors (Lipinski definition) is 3. The maximum atomic E-state index is 13.3. The van der Waals surface area contributed by atoms with E-state index in [9.17, 15) is 14.7 Å². The maximum absolute atomic E-state index is 13.3. The van der Waals surface area contributed by atoms with Crippen LogP contribution in [0, 0.1) is 0 Å². The highest BCUT2D eigenvalue weighted by Gasteiger charge is 2.37. The summed E-state index contributed by atoms with van der Waals surface area (Å²) in [6.07, 6.45) is 4.77. The Hall–Kier alpha value is -4.46. The number of esters is 1. The Morgan fingerprint density at radius 3 is 2.67 bits per heavy atom. The monoisotopic (exact) mass is 564 g/mol. The van der Waals surface area contributed by atoms with Gasteiger partial charge < -0.3 is 19.8 Å². The lowest BCUT2D eigenvalue weighted by atomic mass is 9.81. The van der Waals surface area contributed by atoms with E-state index in [1.807, 2.05) is 31.2 Å². The van der Waals surface area contributed by atoms with Crippen LogP contribution >= 0.6 is 0 Å². The van der Waals surface area contributed by atoms with Crippen LogP contribution in [0.5, 0.6) is 0 Å². The number of allylic oxidation sites excluding steroid dienone is 1. The molecule has 0 saturated heterocycles. The van der Waals surface area contributed by atoms with Crippen molar-refractivity contribution in [2.24, 2.45) is 0 Å². The molecule has 5 heterocycles. The molecule has 0 amide bonds. The molecule has 0 aromatic carbocycles. The Bertz CT molecular complexity index is 1960. The van der Waals surface area contributed by atoms with Gasteiger partial charge in [0.05, 0.1) is 41.1 Å². The van der Waals surface area contributed by atoms with Crippen molar-refractivity contribution < 1.29 is 19.4 Å². The Kier molecular flexibility index (Phi) is 6.67. The number of rotatable bonds is 5. The van der Waals surface area contributed by atoms with E-state index in [0.717, 1.165) is 67.5 Å². The summed E-state index contributed by atoms with van der Waals surface area (Å²) in [7, 11) is 1.40. The van der Waals surface area contributed by atoms with Gasteiger partial charge in [-0.2, -0.15) is 0 Å². The van der Waals surface area contributed by atoms with Crippen LogP contribution in [0.15, 0.2) is 36.9 Å². The van der Waals surface area contributed by atoms with Gasteiger partial charge in [0.25, 0.3) is 0 Å². The van der Waals surface area contributed by atoms with Crippen molar-refractivity contribution >= 4 is 45.7 Å². The molecule has 3 N–H and O–H groups in total. The Balaban J connectivity index is 1.76. The second-order valence-corrected chi connectivity index (χ2v) is 11.9. The molecule has 2 atom stereocenters. The summed E-state index contributed by atoms with van der Waals surface area (Å²) in [5.74, 6) is -0.277. The standard InChI is InChI=1S/C34H36N4O4/c1-7-19-23(16-39)27-14-28-24(8-2)34(4,5)30(37-28)15-25-17(3)20(9-10-31(41)42-6)32(38-25)22-13-29(40)21-11-18(35-33(21)22)12-26(19)36-27/h8,11-12,14-17,20,35-36,39H,2,7,9-10,13H2,1,3-6H3/b18-12?,23-16-,25-15?,27-14?. The summed E-state index contributed by atoms with van der Waals surface area (Å²) in [5.41, 5.74) is 8.76. The van der Waals surface area contributed by atoms with E-state index in [1.165, 1.54) is 7.11 Å². The van der Waals surface area contributed by atoms with Gasteiger partial charge >= 0.3 is 5.97 Å². The molecule has 8 nitrogen and oxygen atoms in total. The normalized spacial score (nSPS) is 19.4. The Morgan fingerprint density at radius 2 is 1.98 bits per heavy atom. The first-order valence-electron chi connectivity index (χ1n) is 14.5. The second-order valence-electron chi connectivity index (χ2n) is 11.9. The molecule has 0 fully saturated rings. The molecule has 0 saturated carbocycles. The Labute approximate surface area is 243 Å². The number of carbonyl (C=O) groups is 2. The number of nitrogens with zero attached hydrogens (tertiary/aromatic N) is 2. The first-order valence-corrected chi connectivity index (χ1v) is 14.5. The topological polar surface area (TPSA) is 121 Å². The highest BCUT2D eigenvalue weighted by molar-refractivity contribution is 6.11. The van der Waals surface area contributed by atoms with Gasteiger partial charge in [0.15, 0.2) is 5.78 Å². The van der Waals surface area contributed by atoms with E-state index in [0.29, 0.717) is 23.6 Å². The van der Waals surface area contributed by atoms with Gasteiger partial charge in [0, 0.05) is 63.2 Å². The number of aliphatic hydroxyl groups excluding tert-OH is 1. The van der Waals surface area contributed by atoms with E-state index >= 15 is 0 Å². The third kappa shape index (κ3) is 4.19. The third-order valence-corrected chi connectivity index (χ3v) is 9.24. The molecule has 2 unspecified atom stereocenters. The number of H-pyrrole nitrogens is 2. The zero-order valence-corrected chi connectivity index (χ0v) is 24.7. The summed E-state index contributed by atoms with van der Waals surface area (Å²) in [4.78, 5) is 42.7. The molecule has 8 heteroatoms. The molecule has 1 aliphatic carbocycles. The van der Waals surface area contributed by atoms with Crippen LogP contribution in [0.1, 0.15) is 90.9 Å².